The molecule has 1 aliphatic rings. The number of hydrogen-bond acceptors (Lipinski definition) is 5. The molecular weight excluding hydrogens is 402 g/mol. The van der Waals surface area contributed by atoms with E-state index >= 15 is 0 Å². The number of hydrogen-bond donors (Lipinski definition) is 1. The van der Waals surface area contributed by atoms with Gasteiger partial charge in [0.2, 0.25) is 10.0 Å². The molecule has 0 aromatic carbocycles. The fourth-order valence-electron chi connectivity index (χ4n) is 1.90. The van der Waals surface area contributed by atoms with Crippen molar-refractivity contribution in [1.29, 1.82) is 0 Å². The van der Waals surface area contributed by atoms with Gasteiger partial charge in [-0.05, 0) is 41.3 Å². The van der Waals surface area contributed by atoms with Crippen molar-refractivity contribution < 1.29 is 17.9 Å². The highest BCUT2D eigenvalue weighted by Crippen LogP contribution is 2.34. The standard InChI is InChI=1S/C12H17BrClNO4S2/c13-12-10(14)7-11(20-12)21(16,17)15-4-2-5-18-8-9-3-1-6-19-9/h7,9,15H,1-6,8H2. The van der Waals surface area contributed by atoms with Gasteiger partial charge in [-0.25, -0.2) is 13.1 Å². The van der Waals surface area contributed by atoms with E-state index in [1.807, 2.05) is 0 Å². The topological polar surface area (TPSA) is 64.6 Å². The van der Waals surface area contributed by atoms with Crippen molar-refractivity contribution in [1.82, 2.24) is 4.72 Å². The van der Waals surface area contributed by atoms with Gasteiger partial charge in [-0.2, -0.15) is 0 Å². The van der Waals surface area contributed by atoms with Crippen molar-refractivity contribution in [2.45, 2.75) is 29.6 Å². The van der Waals surface area contributed by atoms with Gasteiger partial charge in [0.1, 0.15) is 4.21 Å². The molecule has 1 aliphatic heterocycles. The fraction of sp³-hybridized carbons (Fsp3) is 0.667. The summed E-state index contributed by atoms with van der Waals surface area (Å²) in [5, 5.41) is 0.403. The molecule has 0 aliphatic carbocycles. The molecule has 1 N–H and O–H groups in total. The molecule has 0 radical (unpaired) electrons. The summed E-state index contributed by atoms with van der Waals surface area (Å²) >= 11 is 10.1. The quantitative estimate of drug-likeness (QED) is 0.659. The number of halogens is 2. The van der Waals surface area contributed by atoms with Gasteiger partial charge >= 0.3 is 0 Å². The van der Waals surface area contributed by atoms with Gasteiger partial charge in [-0.1, -0.05) is 11.6 Å². The van der Waals surface area contributed by atoms with Crippen LogP contribution >= 0.6 is 38.9 Å². The summed E-state index contributed by atoms with van der Waals surface area (Å²) in [4.78, 5) is 0. The van der Waals surface area contributed by atoms with Crippen LogP contribution in [0.2, 0.25) is 5.02 Å². The smallest absolute Gasteiger partial charge is 0.250 e. The second-order valence-corrected chi connectivity index (χ2v) is 9.42. The Labute approximate surface area is 142 Å². The van der Waals surface area contributed by atoms with Gasteiger partial charge < -0.3 is 9.47 Å². The van der Waals surface area contributed by atoms with E-state index in [0.29, 0.717) is 35.0 Å². The number of thiophene rings is 1. The second-order valence-electron chi connectivity index (χ2n) is 4.65. The Morgan fingerprint density at radius 3 is 3.00 bits per heavy atom. The molecule has 21 heavy (non-hydrogen) atoms. The molecule has 0 saturated carbocycles. The summed E-state index contributed by atoms with van der Waals surface area (Å²) in [6.45, 7) is 2.24. The normalized spacial score (nSPS) is 19.2. The van der Waals surface area contributed by atoms with Crippen molar-refractivity contribution in [2.24, 2.45) is 0 Å². The minimum atomic E-state index is -3.49. The van der Waals surface area contributed by atoms with E-state index in [0.717, 1.165) is 30.8 Å². The Bertz CT molecular complexity index is 538. The van der Waals surface area contributed by atoms with Crippen LogP contribution in [-0.4, -0.2) is 40.9 Å². The maximum atomic E-state index is 12.0. The molecule has 1 atom stereocenters. The third-order valence-corrected chi connectivity index (χ3v) is 7.38. The molecule has 120 valence electrons. The highest BCUT2D eigenvalue weighted by atomic mass is 79.9. The van der Waals surface area contributed by atoms with Crippen molar-refractivity contribution in [3.8, 4) is 0 Å². The Morgan fingerprint density at radius 2 is 2.38 bits per heavy atom. The first kappa shape index (κ1) is 17.7. The first-order chi connectivity index (χ1) is 9.99. The van der Waals surface area contributed by atoms with E-state index in [9.17, 15) is 8.42 Å². The average Bonchev–Trinajstić information content (AvgIpc) is 3.05. The van der Waals surface area contributed by atoms with E-state index in [1.165, 1.54) is 6.07 Å². The average molecular weight is 419 g/mol. The predicted molar refractivity (Wildman–Crippen MR) is 86.6 cm³/mol. The first-order valence-corrected chi connectivity index (χ1v) is 10.1. The summed E-state index contributed by atoms with van der Waals surface area (Å²) in [6, 6.07) is 1.44. The lowest BCUT2D eigenvalue weighted by atomic mass is 10.2. The van der Waals surface area contributed by atoms with E-state index in [1.54, 1.807) is 0 Å². The highest BCUT2D eigenvalue weighted by molar-refractivity contribution is 9.11. The largest absolute Gasteiger partial charge is 0.379 e. The molecule has 0 amide bonds. The number of nitrogens with one attached hydrogen (secondary N) is 1. The van der Waals surface area contributed by atoms with E-state index < -0.39 is 10.0 Å². The summed E-state index contributed by atoms with van der Waals surface area (Å²) in [5.41, 5.74) is 0. The van der Waals surface area contributed by atoms with Gasteiger partial charge in [0.15, 0.2) is 0 Å². The molecule has 2 rings (SSSR count). The zero-order chi connectivity index (χ0) is 15.3. The Morgan fingerprint density at radius 1 is 1.57 bits per heavy atom. The molecule has 9 heteroatoms. The zero-order valence-corrected chi connectivity index (χ0v) is 15.3. The van der Waals surface area contributed by atoms with E-state index in [4.69, 9.17) is 21.1 Å². The molecular formula is C12H17BrClNO4S2. The monoisotopic (exact) mass is 417 g/mol. The van der Waals surface area contributed by atoms with Gasteiger partial charge in [-0.3, -0.25) is 0 Å². The van der Waals surface area contributed by atoms with Crippen LogP contribution in [0.5, 0.6) is 0 Å². The van der Waals surface area contributed by atoms with Crippen LogP contribution < -0.4 is 4.72 Å². The van der Waals surface area contributed by atoms with Crippen molar-refractivity contribution in [2.75, 3.05) is 26.4 Å². The third-order valence-electron chi connectivity index (χ3n) is 2.97. The minimum Gasteiger partial charge on any atom is -0.379 e. The lowest BCUT2D eigenvalue weighted by Crippen LogP contribution is -2.25. The molecule has 1 aromatic rings. The van der Waals surface area contributed by atoms with Crippen LogP contribution in [0.3, 0.4) is 0 Å². The molecule has 5 nitrogen and oxygen atoms in total. The predicted octanol–water partition coefficient (Wildman–Crippen LogP) is 3.03. The van der Waals surface area contributed by atoms with Crippen LogP contribution in [0.25, 0.3) is 0 Å². The molecule has 1 saturated heterocycles. The Kier molecular flexibility index (Phi) is 6.92. The third kappa shape index (κ3) is 5.46. The molecule has 1 unspecified atom stereocenters. The van der Waals surface area contributed by atoms with Gasteiger partial charge in [0.05, 0.1) is 21.5 Å². The molecule has 0 spiro atoms. The molecule has 2 heterocycles. The maximum Gasteiger partial charge on any atom is 0.250 e. The maximum absolute atomic E-state index is 12.0. The Balaban J connectivity index is 1.65. The van der Waals surface area contributed by atoms with Crippen LogP contribution in [0.4, 0.5) is 0 Å². The zero-order valence-electron chi connectivity index (χ0n) is 11.3. The molecule has 1 fully saturated rings. The lowest BCUT2D eigenvalue weighted by Gasteiger charge is -2.10. The van der Waals surface area contributed by atoms with Gasteiger partial charge in [0, 0.05) is 19.8 Å². The summed E-state index contributed by atoms with van der Waals surface area (Å²) in [6.07, 6.45) is 2.95. The minimum absolute atomic E-state index is 0.201. The second kappa shape index (κ2) is 8.24. The molecule has 1 aromatic heterocycles. The lowest BCUT2D eigenvalue weighted by molar-refractivity contribution is 0.0169. The number of rotatable bonds is 8. The summed E-state index contributed by atoms with van der Waals surface area (Å²) < 4.78 is 38.3. The van der Waals surface area contributed by atoms with E-state index in [-0.39, 0.29) is 10.3 Å². The summed E-state index contributed by atoms with van der Waals surface area (Å²) in [7, 11) is -3.49. The Hall–Kier alpha value is 0.300. The molecule has 0 bridgehead atoms. The van der Waals surface area contributed by atoms with Gasteiger partial charge in [-0.15, -0.1) is 11.3 Å². The first-order valence-electron chi connectivity index (χ1n) is 6.63. The van der Waals surface area contributed by atoms with Crippen LogP contribution in [-0.2, 0) is 19.5 Å². The highest BCUT2D eigenvalue weighted by Gasteiger charge is 2.18. The van der Waals surface area contributed by atoms with Gasteiger partial charge in [0.25, 0.3) is 0 Å². The SMILES string of the molecule is O=S(=O)(NCCCOCC1CCCO1)c1cc(Cl)c(Br)s1. The number of ether oxygens (including phenoxy) is 2. The van der Waals surface area contributed by atoms with Crippen LogP contribution in [0, 0.1) is 0 Å². The fourth-order valence-corrected chi connectivity index (χ4v) is 5.42. The number of sulfonamides is 1. The van der Waals surface area contributed by atoms with Crippen molar-refractivity contribution >= 4 is 48.9 Å². The van der Waals surface area contributed by atoms with Crippen molar-refractivity contribution in [3.05, 3.63) is 14.9 Å². The summed E-state index contributed by atoms with van der Waals surface area (Å²) in [5.74, 6) is 0. The van der Waals surface area contributed by atoms with E-state index in [2.05, 4.69) is 20.7 Å². The van der Waals surface area contributed by atoms with Crippen LogP contribution in [0.1, 0.15) is 19.3 Å². The van der Waals surface area contributed by atoms with Crippen LogP contribution in [0.15, 0.2) is 14.1 Å². The van der Waals surface area contributed by atoms with Crippen molar-refractivity contribution in [3.63, 3.8) is 0 Å².